The maximum absolute atomic E-state index is 5.89. The number of benzene rings is 2. The highest BCUT2D eigenvalue weighted by Gasteiger charge is 2.07. The largest absolute Gasteiger partial charge is 0.383 e. The molecule has 0 unspecified atom stereocenters. The Balaban J connectivity index is 1.91. The zero-order valence-corrected chi connectivity index (χ0v) is 12.2. The molecule has 0 aliphatic rings. The first-order valence-corrected chi connectivity index (χ1v) is 6.96. The van der Waals surface area contributed by atoms with E-state index in [1.807, 2.05) is 13.8 Å². The molecule has 0 atom stereocenters. The molecule has 1 aromatic heterocycles. The number of hydrogen-bond donors (Lipinski definition) is 2. The molecule has 3 rings (SSSR count). The predicted octanol–water partition coefficient (Wildman–Crippen LogP) is 3.44. The fourth-order valence-electron chi connectivity index (χ4n) is 2.45. The molecule has 3 aromatic rings. The Labute approximate surface area is 124 Å². The van der Waals surface area contributed by atoms with E-state index in [4.69, 9.17) is 5.73 Å². The third-order valence-corrected chi connectivity index (χ3v) is 3.62. The van der Waals surface area contributed by atoms with Crippen molar-refractivity contribution in [2.24, 2.45) is 0 Å². The number of nitrogen functional groups attached to an aromatic ring is 1. The molecule has 0 aliphatic carbocycles. The molecule has 4 heteroatoms. The highest BCUT2D eigenvalue weighted by Crippen LogP contribution is 2.21. The molecule has 106 valence electrons. The van der Waals surface area contributed by atoms with Crippen molar-refractivity contribution < 1.29 is 0 Å². The second-order valence-corrected chi connectivity index (χ2v) is 5.12. The third-order valence-electron chi connectivity index (χ3n) is 3.62. The fraction of sp³-hybridized carbons (Fsp3) is 0.176. The van der Waals surface area contributed by atoms with Gasteiger partial charge in [0, 0.05) is 12.1 Å². The normalized spacial score (nSPS) is 10.8. The number of nitrogens with one attached hydrogen (secondary N) is 1. The topological polar surface area (TPSA) is 63.8 Å². The Kier molecular flexibility index (Phi) is 3.44. The summed E-state index contributed by atoms with van der Waals surface area (Å²) in [5.41, 5.74) is 8.02. The summed E-state index contributed by atoms with van der Waals surface area (Å²) in [7, 11) is 0. The quantitative estimate of drug-likeness (QED) is 0.770. The van der Waals surface area contributed by atoms with Crippen LogP contribution in [0.25, 0.3) is 10.8 Å². The Morgan fingerprint density at radius 3 is 2.62 bits per heavy atom. The van der Waals surface area contributed by atoms with Crippen molar-refractivity contribution in [3.63, 3.8) is 0 Å². The van der Waals surface area contributed by atoms with Gasteiger partial charge in [-0.15, -0.1) is 0 Å². The van der Waals surface area contributed by atoms with E-state index in [0.29, 0.717) is 18.2 Å². The van der Waals surface area contributed by atoms with E-state index < -0.39 is 0 Å². The molecule has 0 amide bonds. The van der Waals surface area contributed by atoms with Gasteiger partial charge in [0.1, 0.15) is 17.5 Å². The molecule has 0 fully saturated rings. The van der Waals surface area contributed by atoms with Crippen molar-refractivity contribution in [2.75, 3.05) is 11.1 Å². The molecule has 21 heavy (non-hydrogen) atoms. The fourth-order valence-corrected chi connectivity index (χ4v) is 2.45. The van der Waals surface area contributed by atoms with Crippen LogP contribution in [0.3, 0.4) is 0 Å². The first-order chi connectivity index (χ1) is 10.1. The first-order valence-electron chi connectivity index (χ1n) is 6.96. The predicted molar refractivity (Wildman–Crippen MR) is 87.2 cm³/mol. The van der Waals surface area contributed by atoms with Crippen molar-refractivity contribution in [3.05, 3.63) is 59.4 Å². The highest BCUT2D eigenvalue weighted by atomic mass is 15.0. The molecular weight excluding hydrogens is 260 g/mol. The Morgan fingerprint density at radius 2 is 1.76 bits per heavy atom. The van der Waals surface area contributed by atoms with Gasteiger partial charge >= 0.3 is 0 Å². The number of anilines is 2. The van der Waals surface area contributed by atoms with Crippen LogP contribution >= 0.6 is 0 Å². The van der Waals surface area contributed by atoms with Gasteiger partial charge < -0.3 is 11.1 Å². The molecule has 0 aliphatic heterocycles. The zero-order valence-electron chi connectivity index (χ0n) is 12.2. The maximum atomic E-state index is 5.89. The minimum Gasteiger partial charge on any atom is -0.383 e. The number of aromatic nitrogens is 2. The standard InChI is InChI=1S/C17H18N4/c1-11-16(18)20-12(2)21-17(11)19-10-14-8-5-7-13-6-3-4-9-15(13)14/h3-9H,10H2,1-2H3,(H3,18,19,20,21). The molecule has 0 radical (unpaired) electrons. The van der Waals surface area contributed by atoms with Gasteiger partial charge in [0.2, 0.25) is 0 Å². The van der Waals surface area contributed by atoms with Gasteiger partial charge in [0.05, 0.1) is 0 Å². The smallest absolute Gasteiger partial charge is 0.135 e. The van der Waals surface area contributed by atoms with Crippen LogP contribution < -0.4 is 11.1 Å². The lowest BCUT2D eigenvalue weighted by atomic mass is 10.0. The number of nitrogens with zero attached hydrogens (tertiary/aromatic N) is 2. The minimum atomic E-state index is 0.530. The van der Waals surface area contributed by atoms with Gasteiger partial charge in [-0.3, -0.25) is 0 Å². The molecule has 1 heterocycles. The first kappa shape index (κ1) is 13.4. The maximum Gasteiger partial charge on any atom is 0.135 e. The van der Waals surface area contributed by atoms with Crippen molar-refractivity contribution in [1.82, 2.24) is 9.97 Å². The van der Waals surface area contributed by atoms with Crippen LogP contribution in [-0.4, -0.2) is 9.97 Å². The summed E-state index contributed by atoms with van der Waals surface area (Å²) in [6.45, 7) is 4.48. The summed E-state index contributed by atoms with van der Waals surface area (Å²) in [4.78, 5) is 8.59. The van der Waals surface area contributed by atoms with Crippen LogP contribution in [0.2, 0.25) is 0 Å². The van der Waals surface area contributed by atoms with E-state index >= 15 is 0 Å². The number of nitrogens with two attached hydrogens (primary N) is 1. The lowest BCUT2D eigenvalue weighted by molar-refractivity contribution is 1.01. The highest BCUT2D eigenvalue weighted by molar-refractivity contribution is 5.85. The minimum absolute atomic E-state index is 0.530. The number of hydrogen-bond acceptors (Lipinski definition) is 4. The van der Waals surface area contributed by atoms with Gasteiger partial charge in [-0.2, -0.15) is 0 Å². The van der Waals surface area contributed by atoms with Crippen molar-refractivity contribution in [3.8, 4) is 0 Å². The van der Waals surface area contributed by atoms with Crippen molar-refractivity contribution in [2.45, 2.75) is 20.4 Å². The Bertz CT molecular complexity index is 791. The molecule has 4 nitrogen and oxygen atoms in total. The van der Waals surface area contributed by atoms with Gasteiger partial charge in [0.25, 0.3) is 0 Å². The molecule has 0 saturated heterocycles. The molecule has 0 spiro atoms. The van der Waals surface area contributed by atoms with Crippen LogP contribution in [-0.2, 0) is 6.54 Å². The summed E-state index contributed by atoms with van der Waals surface area (Å²) >= 11 is 0. The molecule has 0 bridgehead atoms. The summed E-state index contributed by atoms with van der Waals surface area (Å²) in [5, 5.41) is 5.87. The van der Waals surface area contributed by atoms with E-state index in [1.165, 1.54) is 16.3 Å². The lowest BCUT2D eigenvalue weighted by Crippen LogP contribution is -2.08. The van der Waals surface area contributed by atoms with Gasteiger partial charge in [-0.1, -0.05) is 42.5 Å². The van der Waals surface area contributed by atoms with E-state index in [2.05, 4.69) is 57.7 Å². The SMILES string of the molecule is Cc1nc(N)c(C)c(NCc2cccc3ccccc23)n1. The Hall–Kier alpha value is -2.62. The number of fused-ring (bicyclic) bond motifs is 1. The number of aryl methyl sites for hydroxylation is 1. The van der Waals surface area contributed by atoms with Crippen molar-refractivity contribution in [1.29, 1.82) is 0 Å². The van der Waals surface area contributed by atoms with E-state index in [9.17, 15) is 0 Å². The average molecular weight is 278 g/mol. The average Bonchev–Trinajstić information content (AvgIpc) is 2.49. The molecule has 3 N–H and O–H groups in total. The van der Waals surface area contributed by atoms with Gasteiger partial charge in [-0.05, 0) is 30.2 Å². The van der Waals surface area contributed by atoms with Crippen LogP contribution in [0.4, 0.5) is 11.6 Å². The molecule has 0 saturated carbocycles. The van der Waals surface area contributed by atoms with Crippen LogP contribution in [0.1, 0.15) is 17.0 Å². The van der Waals surface area contributed by atoms with E-state index in [-0.39, 0.29) is 0 Å². The number of rotatable bonds is 3. The van der Waals surface area contributed by atoms with Crippen molar-refractivity contribution >= 4 is 22.4 Å². The monoisotopic (exact) mass is 278 g/mol. The van der Waals surface area contributed by atoms with Gasteiger partial charge in [0.15, 0.2) is 0 Å². The van der Waals surface area contributed by atoms with E-state index in [0.717, 1.165) is 11.4 Å². The van der Waals surface area contributed by atoms with Crippen LogP contribution in [0.5, 0.6) is 0 Å². The molecule has 2 aromatic carbocycles. The second-order valence-electron chi connectivity index (χ2n) is 5.12. The second kappa shape index (κ2) is 5.40. The summed E-state index contributed by atoms with van der Waals surface area (Å²) in [5.74, 6) is 2.01. The van der Waals surface area contributed by atoms with Crippen LogP contribution in [0.15, 0.2) is 42.5 Å². The third kappa shape index (κ3) is 2.65. The Morgan fingerprint density at radius 1 is 1.00 bits per heavy atom. The molecular formula is C17H18N4. The summed E-state index contributed by atoms with van der Waals surface area (Å²) < 4.78 is 0. The van der Waals surface area contributed by atoms with E-state index in [1.54, 1.807) is 0 Å². The lowest BCUT2D eigenvalue weighted by Gasteiger charge is -2.12. The van der Waals surface area contributed by atoms with Gasteiger partial charge in [-0.25, -0.2) is 9.97 Å². The van der Waals surface area contributed by atoms with Crippen LogP contribution in [0, 0.1) is 13.8 Å². The summed E-state index contributed by atoms with van der Waals surface area (Å²) in [6.07, 6.45) is 0. The zero-order chi connectivity index (χ0) is 14.8. The summed E-state index contributed by atoms with van der Waals surface area (Å²) in [6, 6.07) is 14.7.